The van der Waals surface area contributed by atoms with Gasteiger partial charge in [-0.2, -0.15) is 0 Å². The van der Waals surface area contributed by atoms with E-state index in [1.54, 1.807) is 18.1 Å². The van der Waals surface area contributed by atoms with E-state index < -0.39 is 0 Å². The van der Waals surface area contributed by atoms with Crippen LogP contribution in [-0.4, -0.2) is 41.0 Å². The van der Waals surface area contributed by atoms with Crippen LogP contribution in [0.2, 0.25) is 0 Å². The summed E-state index contributed by atoms with van der Waals surface area (Å²) in [7, 11) is 0. The minimum absolute atomic E-state index is 0.229. The van der Waals surface area contributed by atoms with Gasteiger partial charge in [0.15, 0.2) is 6.10 Å². The zero-order valence-corrected chi connectivity index (χ0v) is 16.0. The molecule has 0 radical (unpaired) electrons. The van der Waals surface area contributed by atoms with Gasteiger partial charge in [0.2, 0.25) is 0 Å². The largest absolute Gasteiger partial charge is 0.463 e. The standard InChI is InChI=1S/C18H22N2O3S2/c1-11-4-5-12-14(9-11)25-17-15(12)16(19-10-20-17)24-8-7-23-18(21)13-3-2-6-22-13/h10-11,13H,2-9H2,1H3. The summed E-state index contributed by atoms with van der Waals surface area (Å²) in [5.41, 5.74) is 1.44. The topological polar surface area (TPSA) is 61.3 Å². The van der Waals surface area contributed by atoms with Crippen LogP contribution in [0.1, 0.15) is 36.6 Å². The first kappa shape index (κ1) is 17.2. The van der Waals surface area contributed by atoms with Crippen molar-refractivity contribution in [2.75, 3.05) is 19.0 Å². The van der Waals surface area contributed by atoms with Crippen molar-refractivity contribution >= 4 is 39.3 Å². The lowest BCUT2D eigenvalue weighted by molar-refractivity contribution is -0.153. The van der Waals surface area contributed by atoms with E-state index in [0.717, 1.165) is 41.5 Å². The molecule has 134 valence electrons. The fourth-order valence-electron chi connectivity index (χ4n) is 3.49. The van der Waals surface area contributed by atoms with Crippen molar-refractivity contribution in [1.29, 1.82) is 0 Å². The number of carbonyl (C=O) groups excluding carboxylic acids is 1. The normalized spacial score (nSPS) is 22.9. The smallest absolute Gasteiger partial charge is 0.335 e. The molecule has 2 atom stereocenters. The van der Waals surface area contributed by atoms with Gasteiger partial charge < -0.3 is 9.47 Å². The fraction of sp³-hybridized carbons (Fsp3) is 0.611. The molecule has 2 unspecified atom stereocenters. The van der Waals surface area contributed by atoms with Crippen molar-refractivity contribution < 1.29 is 14.3 Å². The second-order valence-electron chi connectivity index (χ2n) is 6.73. The van der Waals surface area contributed by atoms with Gasteiger partial charge in [-0.05, 0) is 43.6 Å². The van der Waals surface area contributed by atoms with Crippen LogP contribution < -0.4 is 0 Å². The number of aromatic nitrogens is 2. The quantitative estimate of drug-likeness (QED) is 0.343. The molecule has 2 aromatic rings. The van der Waals surface area contributed by atoms with Crippen molar-refractivity contribution in [3.8, 4) is 0 Å². The Hall–Kier alpha value is -1.18. The monoisotopic (exact) mass is 378 g/mol. The van der Waals surface area contributed by atoms with E-state index in [2.05, 4.69) is 16.9 Å². The van der Waals surface area contributed by atoms with E-state index >= 15 is 0 Å². The highest BCUT2D eigenvalue weighted by molar-refractivity contribution is 7.99. The molecule has 1 fully saturated rings. The van der Waals surface area contributed by atoms with Crippen LogP contribution in [-0.2, 0) is 27.1 Å². The predicted octanol–water partition coefficient (Wildman–Crippen LogP) is 3.63. The number of thioether (sulfide) groups is 1. The first-order valence-electron chi connectivity index (χ1n) is 8.88. The molecule has 0 bridgehead atoms. The van der Waals surface area contributed by atoms with Gasteiger partial charge in [0.1, 0.15) is 22.8 Å². The molecule has 1 saturated heterocycles. The van der Waals surface area contributed by atoms with E-state index in [1.165, 1.54) is 22.2 Å². The summed E-state index contributed by atoms with van der Waals surface area (Å²) in [5.74, 6) is 1.22. The molecule has 0 N–H and O–H groups in total. The Morgan fingerprint density at radius 2 is 2.36 bits per heavy atom. The fourth-order valence-corrected chi connectivity index (χ4v) is 5.75. The van der Waals surface area contributed by atoms with Gasteiger partial charge in [0.05, 0.1) is 0 Å². The summed E-state index contributed by atoms with van der Waals surface area (Å²) in [4.78, 5) is 23.4. The maximum Gasteiger partial charge on any atom is 0.335 e. The number of hydrogen-bond acceptors (Lipinski definition) is 7. The summed E-state index contributed by atoms with van der Waals surface area (Å²) in [6.45, 7) is 3.37. The lowest BCUT2D eigenvalue weighted by Crippen LogP contribution is -2.23. The minimum atomic E-state index is -0.360. The third kappa shape index (κ3) is 3.68. The average Bonchev–Trinajstić information content (AvgIpc) is 3.25. The van der Waals surface area contributed by atoms with Gasteiger partial charge in [0, 0.05) is 22.6 Å². The van der Waals surface area contributed by atoms with E-state index in [0.29, 0.717) is 19.0 Å². The molecule has 1 aliphatic heterocycles. The van der Waals surface area contributed by atoms with Crippen molar-refractivity contribution in [3.63, 3.8) is 0 Å². The summed E-state index contributed by atoms with van der Waals surface area (Å²) >= 11 is 3.46. The first-order chi connectivity index (χ1) is 12.2. The average molecular weight is 379 g/mol. The summed E-state index contributed by atoms with van der Waals surface area (Å²) in [5, 5.41) is 2.25. The third-order valence-corrected chi connectivity index (χ3v) is 6.93. The zero-order chi connectivity index (χ0) is 17.2. The number of fused-ring (bicyclic) bond motifs is 3. The highest BCUT2D eigenvalue weighted by atomic mass is 32.2. The Kier molecular flexibility index (Phi) is 5.24. The van der Waals surface area contributed by atoms with Crippen LogP contribution in [0.4, 0.5) is 0 Å². The molecule has 4 rings (SSSR count). The molecule has 1 aliphatic carbocycles. The van der Waals surface area contributed by atoms with E-state index in [4.69, 9.17) is 9.47 Å². The Bertz CT molecular complexity index is 771. The van der Waals surface area contributed by atoms with Crippen LogP contribution >= 0.6 is 23.1 Å². The van der Waals surface area contributed by atoms with Gasteiger partial charge in [-0.3, -0.25) is 0 Å². The number of ether oxygens (including phenoxy) is 2. The minimum Gasteiger partial charge on any atom is -0.463 e. The Balaban J connectivity index is 1.40. The summed E-state index contributed by atoms with van der Waals surface area (Å²) < 4.78 is 10.7. The van der Waals surface area contributed by atoms with Crippen molar-refractivity contribution in [2.24, 2.45) is 5.92 Å². The Morgan fingerprint density at radius 1 is 1.44 bits per heavy atom. The SMILES string of the molecule is CC1CCc2c(sc3ncnc(SCCOC(=O)C4CCCO4)c23)C1. The maximum atomic E-state index is 11.9. The predicted molar refractivity (Wildman–Crippen MR) is 99.3 cm³/mol. The lowest BCUT2D eigenvalue weighted by atomic mass is 9.89. The molecule has 25 heavy (non-hydrogen) atoms. The molecule has 7 heteroatoms. The molecule has 0 saturated carbocycles. The van der Waals surface area contributed by atoms with Gasteiger partial charge in [0.25, 0.3) is 0 Å². The highest BCUT2D eigenvalue weighted by Crippen LogP contribution is 2.40. The van der Waals surface area contributed by atoms with Gasteiger partial charge in [-0.15, -0.1) is 23.1 Å². The van der Waals surface area contributed by atoms with Crippen LogP contribution in [0.5, 0.6) is 0 Å². The molecule has 2 aromatic heterocycles. The number of hydrogen-bond donors (Lipinski definition) is 0. The number of esters is 1. The van der Waals surface area contributed by atoms with Crippen LogP contribution in [0, 0.1) is 5.92 Å². The number of rotatable bonds is 5. The first-order valence-corrected chi connectivity index (χ1v) is 10.7. The van der Waals surface area contributed by atoms with Gasteiger partial charge >= 0.3 is 5.97 Å². The molecular formula is C18H22N2O3S2. The zero-order valence-electron chi connectivity index (χ0n) is 14.3. The number of carbonyl (C=O) groups is 1. The second-order valence-corrected chi connectivity index (χ2v) is 8.90. The molecule has 5 nitrogen and oxygen atoms in total. The van der Waals surface area contributed by atoms with Crippen molar-refractivity contribution in [3.05, 3.63) is 16.8 Å². The molecule has 3 heterocycles. The second kappa shape index (κ2) is 7.60. The lowest BCUT2D eigenvalue weighted by Gasteiger charge is -2.18. The van der Waals surface area contributed by atoms with Crippen molar-refractivity contribution in [2.45, 2.75) is 50.2 Å². The van der Waals surface area contributed by atoms with E-state index in [1.807, 2.05) is 11.3 Å². The number of nitrogens with zero attached hydrogens (tertiary/aromatic N) is 2. The van der Waals surface area contributed by atoms with E-state index in [-0.39, 0.29) is 12.1 Å². The molecule has 0 amide bonds. The number of thiophene rings is 1. The van der Waals surface area contributed by atoms with Crippen LogP contribution in [0.25, 0.3) is 10.2 Å². The Morgan fingerprint density at radius 3 is 3.20 bits per heavy atom. The van der Waals surface area contributed by atoms with Crippen LogP contribution in [0.3, 0.4) is 0 Å². The molecule has 2 aliphatic rings. The highest BCUT2D eigenvalue weighted by Gasteiger charge is 2.25. The molecule has 0 spiro atoms. The molecular weight excluding hydrogens is 356 g/mol. The summed E-state index contributed by atoms with van der Waals surface area (Å²) in [6, 6.07) is 0. The summed E-state index contributed by atoms with van der Waals surface area (Å²) in [6.07, 6.45) is 6.50. The van der Waals surface area contributed by atoms with Gasteiger partial charge in [-0.25, -0.2) is 14.8 Å². The van der Waals surface area contributed by atoms with Gasteiger partial charge in [-0.1, -0.05) is 6.92 Å². The number of aryl methyl sites for hydroxylation is 1. The third-order valence-electron chi connectivity index (χ3n) is 4.82. The Labute approximate surface area is 155 Å². The molecule has 0 aromatic carbocycles. The maximum absolute atomic E-state index is 11.9. The van der Waals surface area contributed by atoms with E-state index in [9.17, 15) is 4.79 Å². The van der Waals surface area contributed by atoms with Crippen molar-refractivity contribution in [1.82, 2.24) is 9.97 Å². The van der Waals surface area contributed by atoms with Crippen LogP contribution in [0.15, 0.2) is 11.4 Å².